The minimum atomic E-state index is -0.436. The molecule has 2 N–H and O–H groups in total. The molecule has 1 heterocycles. The molecular formula is C9H14N2O. The van der Waals surface area contributed by atoms with Crippen LogP contribution in [0.4, 0.5) is 0 Å². The van der Waals surface area contributed by atoms with E-state index in [1.807, 2.05) is 13.1 Å². The summed E-state index contributed by atoms with van der Waals surface area (Å²) < 4.78 is 0. The Balaban J connectivity index is 2.81. The number of pyridine rings is 1. The van der Waals surface area contributed by atoms with E-state index in [0.717, 1.165) is 17.7 Å². The molecule has 66 valence electrons. The van der Waals surface area contributed by atoms with Gasteiger partial charge in [0.25, 0.3) is 0 Å². The SMILES string of the molecule is CNCc1cncc([C@H](C)O)c1. The zero-order valence-electron chi connectivity index (χ0n) is 7.41. The number of aliphatic hydroxyl groups excluding tert-OH is 1. The summed E-state index contributed by atoms with van der Waals surface area (Å²) >= 11 is 0. The Hall–Kier alpha value is -0.930. The van der Waals surface area contributed by atoms with Gasteiger partial charge in [-0.2, -0.15) is 0 Å². The topological polar surface area (TPSA) is 45.2 Å². The number of rotatable bonds is 3. The monoisotopic (exact) mass is 166 g/mol. The molecule has 1 rings (SSSR count). The third-order valence-electron chi connectivity index (χ3n) is 1.68. The van der Waals surface area contributed by atoms with Gasteiger partial charge in [-0.05, 0) is 31.2 Å². The molecule has 0 aliphatic carbocycles. The molecule has 0 unspecified atom stereocenters. The highest BCUT2D eigenvalue weighted by molar-refractivity contribution is 5.19. The van der Waals surface area contributed by atoms with Crippen LogP contribution in [0.1, 0.15) is 24.2 Å². The van der Waals surface area contributed by atoms with Crippen molar-refractivity contribution in [3.63, 3.8) is 0 Å². The first-order valence-electron chi connectivity index (χ1n) is 4.00. The Bertz CT molecular complexity index is 248. The van der Waals surface area contributed by atoms with Gasteiger partial charge in [0.05, 0.1) is 6.10 Å². The van der Waals surface area contributed by atoms with Crippen LogP contribution in [0.5, 0.6) is 0 Å². The highest BCUT2D eigenvalue weighted by Gasteiger charge is 2.01. The zero-order valence-corrected chi connectivity index (χ0v) is 7.41. The van der Waals surface area contributed by atoms with Crippen LogP contribution in [0.25, 0.3) is 0 Å². The summed E-state index contributed by atoms with van der Waals surface area (Å²) in [5.74, 6) is 0. The van der Waals surface area contributed by atoms with Gasteiger partial charge in [0.1, 0.15) is 0 Å². The van der Waals surface area contributed by atoms with E-state index in [-0.39, 0.29) is 0 Å². The average molecular weight is 166 g/mol. The van der Waals surface area contributed by atoms with E-state index in [0.29, 0.717) is 0 Å². The Morgan fingerprint density at radius 1 is 1.58 bits per heavy atom. The maximum Gasteiger partial charge on any atom is 0.0776 e. The molecule has 12 heavy (non-hydrogen) atoms. The molecule has 3 heteroatoms. The normalized spacial score (nSPS) is 12.9. The van der Waals surface area contributed by atoms with E-state index < -0.39 is 6.10 Å². The Labute approximate surface area is 72.5 Å². The molecule has 3 nitrogen and oxygen atoms in total. The largest absolute Gasteiger partial charge is 0.389 e. The second-order valence-electron chi connectivity index (χ2n) is 2.83. The van der Waals surface area contributed by atoms with Crippen LogP contribution in [0.15, 0.2) is 18.5 Å². The highest BCUT2D eigenvalue weighted by Crippen LogP contribution is 2.11. The van der Waals surface area contributed by atoms with Crippen molar-refractivity contribution in [3.05, 3.63) is 29.6 Å². The smallest absolute Gasteiger partial charge is 0.0776 e. The minimum Gasteiger partial charge on any atom is -0.389 e. The Kier molecular flexibility index (Phi) is 3.19. The summed E-state index contributed by atoms with van der Waals surface area (Å²) in [6, 6.07) is 1.95. The van der Waals surface area contributed by atoms with Gasteiger partial charge in [-0.1, -0.05) is 0 Å². The van der Waals surface area contributed by atoms with Crippen LogP contribution < -0.4 is 5.32 Å². The average Bonchev–Trinajstić information content (AvgIpc) is 2.05. The van der Waals surface area contributed by atoms with E-state index in [1.165, 1.54) is 0 Å². The molecule has 0 aromatic carbocycles. The first-order chi connectivity index (χ1) is 5.74. The molecule has 1 aromatic heterocycles. The summed E-state index contributed by atoms with van der Waals surface area (Å²) in [6.45, 7) is 2.52. The zero-order chi connectivity index (χ0) is 8.97. The number of nitrogens with one attached hydrogen (secondary N) is 1. The van der Waals surface area contributed by atoms with Crippen LogP contribution in [0, 0.1) is 0 Å². The van der Waals surface area contributed by atoms with Gasteiger partial charge < -0.3 is 10.4 Å². The van der Waals surface area contributed by atoms with Crippen molar-refractivity contribution in [1.82, 2.24) is 10.3 Å². The van der Waals surface area contributed by atoms with Crippen molar-refractivity contribution >= 4 is 0 Å². The minimum absolute atomic E-state index is 0.436. The summed E-state index contributed by atoms with van der Waals surface area (Å²) in [6.07, 6.45) is 3.04. The van der Waals surface area contributed by atoms with Gasteiger partial charge in [0, 0.05) is 18.9 Å². The molecule has 1 atom stereocenters. The summed E-state index contributed by atoms with van der Waals surface area (Å²) in [5, 5.41) is 12.3. The first kappa shape index (κ1) is 9.16. The summed E-state index contributed by atoms with van der Waals surface area (Å²) in [5.41, 5.74) is 1.96. The Morgan fingerprint density at radius 2 is 2.33 bits per heavy atom. The molecule has 0 saturated heterocycles. The molecule has 0 fully saturated rings. The number of aliphatic hydroxyl groups is 1. The fourth-order valence-corrected chi connectivity index (χ4v) is 1.04. The molecule has 0 amide bonds. The van der Waals surface area contributed by atoms with Crippen molar-refractivity contribution in [2.24, 2.45) is 0 Å². The lowest BCUT2D eigenvalue weighted by Crippen LogP contribution is -2.06. The predicted octanol–water partition coefficient (Wildman–Crippen LogP) is 0.854. The van der Waals surface area contributed by atoms with Crippen molar-refractivity contribution < 1.29 is 5.11 Å². The van der Waals surface area contributed by atoms with E-state index in [4.69, 9.17) is 0 Å². The molecular weight excluding hydrogens is 152 g/mol. The number of nitrogens with zero attached hydrogens (tertiary/aromatic N) is 1. The predicted molar refractivity (Wildman–Crippen MR) is 47.6 cm³/mol. The van der Waals surface area contributed by atoms with Gasteiger partial charge in [-0.3, -0.25) is 4.98 Å². The van der Waals surface area contributed by atoms with Crippen LogP contribution >= 0.6 is 0 Å². The molecule has 0 saturated carbocycles. The lowest BCUT2D eigenvalue weighted by atomic mass is 10.1. The molecule has 1 aromatic rings. The fourth-order valence-electron chi connectivity index (χ4n) is 1.04. The second-order valence-corrected chi connectivity index (χ2v) is 2.83. The van der Waals surface area contributed by atoms with Crippen LogP contribution in [0.3, 0.4) is 0 Å². The first-order valence-corrected chi connectivity index (χ1v) is 4.00. The summed E-state index contributed by atoms with van der Waals surface area (Å²) in [7, 11) is 1.88. The maximum absolute atomic E-state index is 9.26. The molecule has 0 bridgehead atoms. The van der Waals surface area contributed by atoms with Gasteiger partial charge in [0.15, 0.2) is 0 Å². The van der Waals surface area contributed by atoms with E-state index in [2.05, 4.69) is 10.3 Å². The number of aromatic nitrogens is 1. The molecule has 0 spiro atoms. The highest BCUT2D eigenvalue weighted by atomic mass is 16.3. The van der Waals surface area contributed by atoms with Crippen LogP contribution in [-0.2, 0) is 6.54 Å². The van der Waals surface area contributed by atoms with Gasteiger partial charge in [-0.15, -0.1) is 0 Å². The molecule has 0 aliphatic heterocycles. The van der Waals surface area contributed by atoms with Crippen molar-refractivity contribution in [3.8, 4) is 0 Å². The third kappa shape index (κ3) is 2.29. The second kappa shape index (κ2) is 4.18. The molecule has 0 aliphatic rings. The van der Waals surface area contributed by atoms with Crippen molar-refractivity contribution in [2.45, 2.75) is 19.6 Å². The van der Waals surface area contributed by atoms with Gasteiger partial charge in [-0.25, -0.2) is 0 Å². The van der Waals surface area contributed by atoms with Gasteiger partial charge >= 0.3 is 0 Å². The van der Waals surface area contributed by atoms with E-state index in [1.54, 1.807) is 19.3 Å². The van der Waals surface area contributed by atoms with Crippen molar-refractivity contribution in [1.29, 1.82) is 0 Å². The van der Waals surface area contributed by atoms with Crippen LogP contribution in [-0.4, -0.2) is 17.1 Å². The van der Waals surface area contributed by atoms with Crippen LogP contribution in [0.2, 0.25) is 0 Å². The van der Waals surface area contributed by atoms with Crippen molar-refractivity contribution in [2.75, 3.05) is 7.05 Å². The standard InChI is InChI=1S/C9H14N2O/c1-7(12)9-3-8(4-10-2)5-11-6-9/h3,5-7,10,12H,4H2,1-2H3/t7-/m0/s1. The Morgan fingerprint density at radius 3 is 2.92 bits per heavy atom. The number of hydrogen-bond acceptors (Lipinski definition) is 3. The van der Waals surface area contributed by atoms with E-state index >= 15 is 0 Å². The maximum atomic E-state index is 9.26. The van der Waals surface area contributed by atoms with Gasteiger partial charge in [0.2, 0.25) is 0 Å². The third-order valence-corrected chi connectivity index (χ3v) is 1.68. The fraction of sp³-hybridized carbons (Fsp3) is 0.444. The van der Waals surface area contributed by atoms with E-state index in [9.17, 15) is 5.11 Å². The summed E-state index contributed by atoms with van der Waals surface area (Å²) in [4.78, 5) is 4.02. The quantitative estimate of drug-likeness (QED) is 0.700. The number of hydrogen-bond donors (Lipinski definition) is 2. The molecule has 0 radical (unpaired) electrons. The lowest BCUT2D eigenvalue weighted by molar-refractivity contribution is 0.198. The lowest BCUT2D eigenvalue weighted by Gasteiger charge is -2.05.